The Morgan fingerprint density at radius 1 is 0.939 bits per heavy atom. The number of hydrogen-bond acceptors (Lipinski definition) is 3. The van der Waals surface area contributed by atoms with E-state index in [1.165, 1.54) is 0 Å². The van der Waals surface area contributed by atoms with Crippen molar-refractivity contribution in [3.63, 3.8) is 0 Å². The average Bonchev–Trinajstić information content (AvgIpc) is 2.81. The Balaban J connectivity index is 1.70. The first-order chi connectivity index (χ1) is 16.0. The van der Waals surface area contributed by atoms with Gasteiger partial charge >= 0.3 is 0 Å². The smallest absolute Gasteiger partial charge is 0.266 e. The predicted octanol–water partition coefficient (Wildman–Crippen LogP) is 6.58. The molecule has 4 heteroatoms. The van der Waals surface area contributed by atoms with Gasteiger partial charge in [-0.3, -0.25) is 4.79 Å². The third-order valence-electron chi connectivity index (χ3n) is 5.34. The summed E-state index contributed by atoms with van der Waals surface area (Å²) in [6.45, 7) is 4.38. The van der Waals surface area contributed by atoms with E-state index in [4.69, 9.17) is 4.74 Å². The normalized spacial score (nSPS) is 11.1. The van der Waals surface area contributed by atoms with Crippen LogP contribution in [0.25, 0.3) is 16.8 Å². The van der Waals surface area contributed by atoms with Crippen LogP contribution < -0.4 is 10.1 Å². The lowest BCUT2D eigenvalue weighted by Gasteiger charge is -2.13. The molecule has 0 unspecified atom stereocenters. The van der Waals surface area contributed by atoms with Gasteiger partial charge in [0.1, 0.15) is 24.0 Å². The molecule has 1 amide bonds. The van der Waals surface area contributed by atoms with Crippen LogP contribution in [0.4, 0.5) is 5.69 Å². The number of carbonyl (C=O) groups excluding carboxylic acids is 1. The van der Waals surface area contributed by atoms with Crippen LogP contribution >= 0.6 is 0 Å². The molecule has 4 rings (SSSR count). The zero-order valence-corrected chi connectivity index (χ0v) is 18.6. The molecule has 4 aromatic carbocycles. The fraction of sp³-hybridized carbons (Fsp3) is 0.103. The van der Waals surface area contributed by atoms with Crippen LogP contribution in [0.3, 0.4) is 0 Å². The Morgan fingerprint density at radius 2 is 1.70 bits per heavy atom. The quantitative estimate of drug-likeness (QED) is 0.276. The number of fused-ring (bicyclic) bond motifs is 1. The lowest BCUT2D eigenvalue weighted by molar-refractivity contribution is -0.112. The van der Waals surface area contributed by atoms with Gasteiger partial charge in [0.25, 0.3) is 5.91 Å². The molecule has 1 N–H and O–H groups in total. The van der Waals surface area contributed by atoms with E-state index in [1.807, 2.05) is 86.6 Å². The Morgan fingerprint density at radius 3 is 2.45 bits per heavy atom. The van der Waals surface area contributed by atoms with Crippen molar-refractivity contribution in [2.45, 2.75) is 20.5 Å². The molecular formula is C29H24N2O2. The maximum Gasteiger partial charge on any atom is 0.266 e. The minimum absolute atomic E-state index is 0.00765. The largest absolute Gasteiger partial charge is 0.488 e. The molecule has 0 fully saturated rings. The van der Waals surface area contributed by atoms with Crippen LogP contribution in [0, 0.1) is 25.2 Å². The Bertz CT molecular complexity index is 1400. The molecule has 0 atom stereocenters. The molecule has 0 aliphatic carbocycles. The monoisotopic (exact) mass is 432 g/mol. The van der Waals surface area contributed by atoms with Crippen LogP contribution in [0.15, 0.2) is 90.5 Å². The van der Waals surface area contributed by atoms with E-state index in [9.17, 15) is 10.1 Å². The molecule has 0 heterocycles. The van der Waals surface area contributed by atoms with E-state index < -0.39 is 5.91 Å². The Labute approximate surface area is 193 Å². The summed E-state index contributed by atoms with van der Waals surface area (Å²) in [5, 5.41) is 14.5. The number of anilines is 1. The van der Waals surface area contributed by atoms with E-state index in [-0.39, 0.29) is 5.57 Å². The second-order valence-electron chi connectivity index (χ2n) is 7.97. The minimum atomic E-state index is -0.458. The first-order valence-electron chi connectivity index (χ1n) is 10.7. The van der Waals surface area contributed by atoms with Gasteiger partial charge in [-0.15, -0.1) is 0 Å². The molecule has 4 aromatic rings. The van der Waals surface area contributed by atoms with Crippen molar-refractivity contribution in [3.05, 3.63) is 113 Å². The highest BCUT2D eigenvalue weighted by atomic mass is 16.5. The van der Waals surface area contributed by atoms with Crippen molar-refractivity contribution in [1.82, 2.24) is 0 Å². The third-order valence-corrected chi connectivity index (χ3v) is 5.34. The number of nitrogens with zero attached hydrogens (tertiary/aromatic N) is 1. The molecule has 0 aromatic heterocycles. The summed E-state index contributed by atoms with van der Waals surface area (Å²) in [6, 6.07) is 29.4. The second kappa shape index (κ2) is 9.84. The topological polar surface area (TPSA) is 62.1 Å². The molecule has 0 aliphatic heterocycles. The molecule has 4 nitrogen and oxygen atoms in total. The maximum atomic E-state index is 12.9. The second-order valence-corrected chi connectivity index (χ2v) is 7.97. The van der Waals surface area contributed by atoms with Crippen molar-refractivity contribution in [2.75, 3.05) is 5.32 Å². The number of ether oxygens (including phenoxy) is 1. The van der Waals surface area contributed by atoms with Gasteiger partial charge in [0.05, 0.1) is 0 Å². The van der Waals surface area contributed by atoms with Crippen molar-refractivity contribution in [1.29, 1.82) is 5.26 Å². The standard InChI is InChI=1S/C29H24N2O2/c1-20-7-5-9-22(15-20)19-33-28-14-13-23-10-3-4-12-26(23)27(28)17-24(18-30)29(32)31-25-11-6-8-21(2)16-25/h3-17H,19H2,1-2H3,(H,31,32)/b24-17+. The van der Waals surface area contributed by atoms with Crippen LogP contribution in [-0.4, -0.2) is 5.91 Å². The molecular weight excluding hydrogens is 408 g/mol. The van der Waals surface area contributed by atoms with E-state index >= 15 is 0 Å². The number of nitriles is 1. The van der Waals surface area contributed by atoms with Gasteiger partial charge in [-0.2, -0.15) is 5.26 Å². The summed E-state index contributed by atoms with van der Waals surface area (Å²) in [6.07, 6.45) is 1.61. The van der Waals surface area contributed by atoms with Crippen molar-refractivity contribution >= 4 is 28.4 Å². The number of aryl methyl sites for hydroxylation is 2. The summed E-state index contributed by atoms with van der Waals surface area (Å²) in [4.78, 5) is 12.9. The van der Waals surface area contributed by atoms with Crippen LogP contribution in [0.1, 0.15) is 22.3 Å². The van der Waals surface area contributed by atoms with E-state index in [2.05, 4.69) is 17.5 Å². The molecule has 0 saturated heterocycles. The zero-order chi connectivity index (χ0) is 23.2. The summed E-state index contributed by atoms with van der Waals surface area (Å²) < 4.78 is 6.16. The van der Waals surface area contributed by atoms with Crippen molar-refractivity contribution in [2.24, 2.45) is 0 Å². The third kappa shape index (κ3) is 5.28. The first kappa shape index (κ1) is 21.9. The fourth-order valence-electron chi connectivity index (χ4n) is 3.73. The number of carbonyl (C=O) groups is 1. The number of hydrogen-bond donors (Lipinski definition) is 1. The molecule has 33 heavy (non-hydrogen) atoms. The van der Waals surface area contributed by atoms with Crippen LogP contribution in [-0.2, 0) is 11.4 Å². The average molecular weight is 433 g/mol. The van der Waals surface area contributed by atoms with Gasteiger partial charge < -0.3 is 10.1 Å². The number of nitrogens with one attached hydrogen (secondary N) is 1. The van der Waals surface area contributed by atoms with E-state index in [0.717, 1.165) is 27.5 Å². The van der Waals surface area contributed by atoms with E-state index in [1.54, 1.807) is 12.1 Å². The summed E-state index contributed by atoms with van der Waals surface area (Å²) in [5.41, 5.74) is 4.60. The van der Waals surface area contributed by atoms with Crippen LogP contribution in [0.5, 0.6) is 5.75 Å². The molecule has 162 valence electrons. The number of rotatable bonds is 6. The fourth-order valence-corrected chi connectivity index (χ4v) is 3.73. The number of benzene rings is 4. The molecule has 0 aliphatic rings. The highest BCUT2D eigenvalue weighted by Crippen LogP contribution is 2.31. The summed E-state index contributed by atoms with van der Waals surface area (Å²) >= 11 is 0. The van der Waals surface area contributed by atoms with Gasteiger partial charge in [-0.25, -0.2) is 0 Å². The van der Waals surface area contributed by atoms with Crippen molar-refractivity contribution in [3.8, 4) is 11.8 Å². The minimum Gasteiger partial charge on any atom is -0.488 e. The molecule has 0 saturated carbocycles. The van der Waals surface area contributed by atoms with Gasteiger partial charge in [0.2, 0.25) is 0 Å². The predicted molar refractivity (Wildman–Crippen MR) is 133 cm³/mol. The molecule has 0 bridgehead atoms. The van der Waals surface area contributed by atoms with E-state index in [0.29, 0.717) is 23.6 Å². The maximum absolute atomic E-state index is 12.9. The number of amides is 1. The zero-order valence-electron chi connectivity index (χ0n) is 18.6. The van der Waals surface area contributed by atoms with Crippen molar-refractivity contribution < 1.29 is 9.53 Å². The Hall–Kier alpha value is -4.36. The van der Waals surface area contributed by atoms with Gasteiger partial charge in [-0.05, 0) is 60.0 Å². The Kier molecular flexibility index (Phi) is 6.52. The highest BCUT2D eigenvalue weighted by Gasteiger charge is 2.14. The SMILES string of the molecule is Cc1cccc(COc2ccc3ccccc3c2/C=C(\C#N)C(=O)Nc2cccc(C)c2)c1. The van der Waals surface area contributed by atoms with Gasteiger partial charge in [-0.1, -0.05) is 72.3 Å². The lowest BCUT2D eigenvalue weighted by Crippen LogP contribution is -2.13. The van der Waals surface area contributed by atoms with Crippen LogP contribution in [0.2, 0.25) is 0 Å². The summed E-state index contributed by atoms with van der Waals surface area (Å²) in [5.74, 6) is 0.159. The van der Waals surface area contributed by atoms with Gasteiger partial charge in [0.15, 0.2) is 0 Å². The van der Waals surface area contributed by atoms with Gasteiger partial charge in [0, 0.05) is 11.3 Å². The molecule has 0 spiro atoms. The first-order valence-corrected chi connectivity index (χ1v) is 10.7. The highest BCUT2D eigenvalue weighted by molar-refractivity contribution is 6.11. The summed E-state index contributed by atoms with van der Waals surface area (Å²) in [7, 11) is 0. The molecule has 0 radical (unpaired) electrons. The lowest BCUT2D eigenvalue weighted by atomic mass is 10.0.